The smallest absolute Gasteiger partial charge is 0.262 e. The van der Waals surface area contributed by atoms with Crippen LogP contribution in [0.4, 0.5) is 5.69 Å². The largest absolute Gasteiger partial charge is 1.00 e. The summed E-state index contributed by atoms with van der Waals surface area (Å²) in [5.41, 5.74) is 10.9. The normalized spacial score (nSPS) is 18.5. The summed E-state index contributed by atoms with van der Waals surface area (Å²) in [6.07, 6.45) is 11.6. The van der Waals surface area contributed by atoms with Crippen LogP contribution in [0, 0.1) is 11.3 Å². The molecule has 0 N–H and O–H groups in total. The molecule has 5 heteroatoms. The summed E-state index contributed by atoms with van der Waals surface area (Å²) < 4.78 is 3.76. The zero-order valence-electron chi connectivity index (χ0n) is 23.9. The van der Waals surface area contributed by atoms with Crippen molar-refractivity contribution in [3.05, 3.63) is 99.2 Å². The number of thioether (sulfide) groups is 1. The number of aryl methyl sites for hydroxylation is 1. The van der Waals surface area contributed by atoms with Crippen molar-refractivity contribution < 1.29 is 28.5 Å². The van der Waals surface area contributed by atoms with E-state index in [-0.39, 0.29) is 29.4 Å². The number of halogens is 1. The summed E-state index contributed by atoms with van der Waals surface area (Å²) in [6, 6.07) is 17.4. The van der Waals surface area contributed by atoms with E-state index >= 15 is 0 Å². The molecule has 0 fully saturated rings. The van der Waals surface area contributed by atoms with Gasteiger partial charge < -0.3 is 28.9 Å². The van der Waals surface area contributed by atoms with Crippen LogP contribution in [0.2, 0.25) is 0 Å². The lowest BCUT2D eigenvalue weighted by Crippen LogP contribution is -3.00. The van der Waals surface area contributed by atoms with Crippen molar-refractivity contribution in [2.75, 3.05) is 11.4 Å². The van der Waals surface area contributed by atoms with Gasteiger partial charge in [-0.15, -0.1) is 0 Å². The number of aromatic nitrogens is 1. The second-order valence-electron chi connectivity index (χ2n) is 11.1. The fourth-order valence-electron chi connectivity index (χ4n) is 5.57. The fourth-order valence-corrected chi connectivity index (χ4v) is 7.80. The lowest BCUT2D eigenvalue weighted by molar-refractivity contribution is -0.665. The van der Waals surface area contributed by atoms with Gasteiger partial charge in [-0.2, -0.15) is 4.57 Å². The highest BCUT2D eigenvalue weighted by atomic mass is 127. The van der Waals surface area contributed by atoms with Crippen molar-refractivity contribution in [2.24, 2.45) is 11.3 Å². The van der Waals surface area contributed by atoms with Crippen LogP contribution in [-0.4, -0.2) is 6.54 Å². The molecule has 204 valence electrons. The van der Waals surface area contributed by atoms with Gasteiger partial charge >= 0.3 is 0 Å². The SMILES string of the molecule is CCN1C(=C=CC(C)C2=CC(=C(C)C=Cc3sc4ccccc4[n+]3CC)CC(C)(C)C2)Sc2ccccc21.[I-]. The summed E-state index contributed by atoms with van der Waals surface area (Å²) in [5, 5.41) is 2.52. The number of allylic oxidation sites excluding steroid dienone is 6. The van der Waals surface area contributed by atoms with Gasteiger partial charge in [-0.25, -0.2) is 0 Å². The van der Waals surface area contributed by atoms with Gasteiger partial charge in [0.15, 0.2) is 0 Å². The van der Waals surface area contributed by atoms with E-state index in [9.17, 15) is 0 Å². The number of fused-ring (bicyclic) bond motifs is 2. The molecular formula is C34H39IN2S2. The third-order valence-corrected chi connectivity index (χ3v) is 9.84. The van der Waals surface area contributed by atoms with E-state index < -0.39 is 0 Å². The van der Waals surface area contributed by atoms with Crippen LogP contribution in [0.1, 0.15) is 59.4 Å². The van der Waals surface area contributed by atoms with E-state index in [0.717, 1.165) is 25.9 Å². The van der Waals surface area contributed by atoms with E-state index in [1.807, 2.05) is 23.1 Å². The number of benzene rings is 2. The Morgan fingerprint density at radius 1 is 1.10 bits per heavy atom. The Labute approximate surface area is 259 Å². The molecule has 2 heterocycles. The molecule has 0 spiro atoms. The third-order valence-electron chi connectivity index (χ3n) is 7.61. The van der Waals surface area contributed by atoms with Crippen LogP contribution in [0.3, 0.4) is 0 Å². The van der Waals surface area contributed by atoms with Gasteiger partial charge in [0, 0.05) is 29.5 Å². The first-order valence-electron chi connectivity index (χ1n) is 13.8. The second kappa shape index (κ2) is 12.6. The van der Waals surface area contributed by atoms with Gasteiger partial charge in [0.05, 0.1) is 5.69 Å². The van der Waals surface area contributed by atoms with E-state index in [2.05, 4.69) is 130 Å². The lowest BCUT2D eigenvalue weighted by Gasteiger charge is -2.33. The van der Waals surface area contributed by atoms with Gasteiger partial charge in [-0.3, -0.25) is 0 Å². The Morgan fingerprint density at radius 3 is 2.62 bits per heavy atom. The standard InChI is InChI=1S/C34H39N2S2.HI/c1-7-35-28-13-9-11-15-30(28)37-32(35)19-17-24(3)26-21-27(23-34(5,6)22-26)25(4)18-20-33-36(8-2)29-14-10-12-16-31(29)38-33;/h9-19,21,25H,7-8,22-23H2,1-6H3;1H/q+1;/p-1. The van der Waals surface area contributed by atoms with Gasteiger partial charge in [0.2, 0.25) is 5.52 Å². The molecule has 1 aliphatic carbocycles. The molecule has 1 aliphatic heterocycles. The topological polar surface area (TPSA) is 7.12 Å². The number of hydrogen-bond acceptors (Lipinski definition) is 3. The Balaban J connectivity index is 0.00000353. The Morgan fingerprint density at radius 2 is 1.85 bits per heavy atom. The maximum Gasteiger partial charge on any atom is 0.262 e. The highest BCUT2D eigenvalue weighted by Gasteiger charge is 2.28. The molecular weight excluding hydrogens is 627 g/mol. The Kier molecular flexibility index (Phi) is 9.69. The zero-order chi connectivity index (χ0) is 26.9. The number of rotatable bonds is 6. The zero-order valence-corrected chi connectivity index (χ0v) is 27.7. The van der Waals surface area contributed by atoms with Crippen molar-refractivity contribution in [3.8, 4) is 0 Å². The molecule has 5 rings (SSSR count). The van der Waals surface area contributed by atoms with E-state index in [0.29, 0.717) is 5.92 Å². The highest BCUT2D eigenvalue weighted by Crippen LogP contribution is 2.45. The van der Waals surface area contributed by atoms with Crippen LogP contribution >= 0.6 is 23.1 Å². The van der Waals surface area contributed by atoms with Gasteiger partial charge in [-0.1, -0.05) is 91.6 Å². The molecule has 0 radical (unpaired) electrons. The number of thiazole rings is 1. The number of para-hydroxylation sites is 2. The minimum absolute atomic E-state index is 0. The fraction of sp³-hybridized carbons (Fsp3) is 0.353. The quantitative estimate of drug-likeness (QED) is 0.167. The molecule has 0 saturated carbocycles. The third kappa shape index (κ3) is 6.48. The second-order valence-corrected chi connectivity index (χ2v) is 13.2. The van der Waals surface area contributed by atoms with Crippen molar-refractivity contribution in [1.82, 2.24) is 0 Å². The average Bonchev–Trinajstić information content (AvgIpc) is 3.46. The van der Waals surface area contributed by atoms with Crippen LogP contribution in [0.25, 0.3) is 16.3 Å². The minimum atomic E-state index is 0. The van der Waals surface area contributed by atoms with Crippen molar-refractivity contribution in [2.45, 2.75) is 65.8 Å². The Bertz CT molecular complexity index is 1510. The van der Waals surface area contributed by atoms with Crippen molar-refractivity contribution in [1.29, 1.82) is 0 Å². The van der Waals surface area contributed by atoms with Crippen LogP contribution in [-0.2, 0) is 6.54 Å². The summed E-state index contributed by atoms with van der Waals surface area (Å²) in [4.78, 5) is 3.70. The summed E-state index contributed by atoms with van der Waals surface area (Å²) in [7, 11) is 0. The first kappa shape index (κ1) is 29.9. The van der Waals surface area contributed by atoms with Gasteiger partial charge in [0.1, 0.15) is 16.3 Å². The maximum atomic E-state index is 3.68. The van der Waals surface area contributed by atoms with E-state index in [1.54, 1.807) is 0 Å². The molecule has 2 nitrogen and oxygen atoms in total. The molecule has 2 aromatic carbocycles. The van der Waals surface area contributed by atoms with E-state index in [1.165, 1.54) is 47.6 Å². The van der Waals surface area contributed by atoms with Crippen LogP contribution < -0.4 is 33.4 Å². The molecule has 1 atom stereocenters. The van der Waals surface area contributed by atoms with Crippen LogP contribution in [0.5, 0.6) is 0 Å². The molecule has 0 saturated heterocycles. The predicted molar refractivity (Wildman–Crippen MR) is 167 cm³/mol. The average molecular weight is 667 g/mol. The minimum Gasteiger partial charge on any atom is -1.00 e. The molecule has 1 unspecified atom stereocenters. The van der Waals surface area contributed by atoms with Crippen molar-refractivity contribution >= 4 is 45.1 Å². The molecule has 39 heavy (non-hydrogen) atoms. The van der Waals surface area contributed by atoms with Gasteiger partial charge in [0.25, 0.3) is 5.01 Å². The molecule has 1 aromatic heterocycles. The molecule has 2 aliphatic rings. The number of hydrogen-bond donors (Lipinski definition) is 0. The Hall–Kier alpha value is -2.05. The van der Waals surface area contributed by atoms with Crippen LogP contribution in [0.15, 0.2) is 99.1 Å². The lowest BCUT2D eigenvalue weighted by atomic mass is 9.71. The van der Waals surface area contributed by atoms with Crippen molar-refractivity contribution in [3.63, 3.8) is 0 Å². The first-order valence-corrected chi connectivity index (χ1v) is 15.4. The first-order chi connectivity index (χ1) is 18.3. The molecule has 0 amide bonds. The highest BCUT2D eigenvalue weighted by molar-refractivity contribution is 8.03. The number of anilines is 1. The molecule has 3 aromatic rings. The van der Waals surface area contributed by atoms with Gasteiger partial charge in [-0.05, 0) is 74.4 Å². The monoisotopic (exact) mass is 666 g/mol. The maximum absolute atomic E-state index is 3.68. The van der Waals surface area contributed by atoms with E-state index in [4.69, 9.17) is 0 Å². The summed E-state index contributed by atoms with van der Waals surface area (Å²) >= 11 is 3.71. The summed E-state index contributed by atoms with van der Waals surface area (Å²) in [5.74, 6) is 0.349. The molecule has 0 bridgehead atoms. The predicted octanol–water partition coefficient (Wildman–Crippen LogP) is 6.55. The summed E-state index contributed by atoms with van der Waals surface area (Å²) in [6.45, 7) is 15.8. The number of nitrogens with zero attached hydrogens (tertiary/aromatic N) is 2.